The third-order valence-corrected chi connectivity index (χ3v) is 5.50. The lowest BCUT2D eigenvalue weighted by molar-refractivity contribution is -0.125. The maximum atomic E-state index is 13.7. The molecule has 0 aliphatic heterocycles. The summed E-state index contributed by atoms with van der Waals surface area (Å²) in [4.78, 5) is 12.6. The Morgan fingerprint density at radius 3 is 2.22 bits per heavy atom. The SMILES string of the molecule is CC(N)C(C)C(=O)NC(c1cccc(S(C)(=O)=O)c1)c1ccc(F)c(F)c1. The summed E-state index contributed by atoms with van der Waals surface area (Å²) in [5.74, 6) is -3.00. The van der Waals surface area contributed by atoms with Crippen molar-refractivity contribution in [1.29, 1.82) is 0 Å². The van der Waals surface area contributed by atoms with Gasteiger partial charge in [0.2, 0.25) is 5.91 Å². The Hall–Kier alpha value is -2.32. The van der Waals surface area contributed by atoms with Crippen LogP contribution in [-0.2, 0) is 14.6 Å². The van der Waals surface area contributed by atoms with Gasteiger partial charge in [-0.2, -0.15) is 0 Å². The van der Waals surface area contributed by atoms with Gasteiger partial charge >= 0.3 is 0 Å². The second-order valence-electron chi connectivity index (χ2n) is 6.61. The molecule has 0 aromatic heterocycles. The van der Waals surface area contributed by atoms with Crippen LogP contribution in [0.15, 0.2) is 47.4 Å². The summed E-state index contributed by atoms with van der Waals surface area (Å²) in [6, 6.07) is 7.95. The number of hydrogen-bond acceptors (Lipinski definition) is 4. The minimum absolute atomic E-state index is 0.0575. The number of rotatable bonds is 6. The second kappa shape index (κ2) is 8.14. The molecule has 3 unspecified atom stereocenters. The van der Waals surface area contributed by atoms with Crippen molar-refractivity contribution in [1.82, 2.24) is 5.32 Å². The van der Waals surface area contributed by atoms with Gasteiger partial charge in [-0.25, -0.2) is 17.2 Å². The lowest BCUT2D eigenvalue weighted by Gasteiger charge is -2.24. The molecule has 3 atom stereocenters. The molecule has 3 N–H and O–H groups in total. The molecule has 27 heavy (non-hydrogen) atoms. The Bertz CT molecular complexity index is 946. The molecule has 0 bridgehead atoms. The topological polar surface area (TPSA) is 89.3 Å². The summed E-state index contributed by atoms with van der Waals surface area (Å²) in [5, 5.41) is 2.75. The summed E-state index contributed by atoms with van der Waals surface area (Å²) in [6.07, 6.45) is 1.06. The van der Waals surface area contributed by atoms with E-state index < -0.39 is 39.5 Å². The van der Waals surface area contributed by atoms with E-state index in [4.69, 9.17) is 5.73 Å². The molecule has 1 amide bonds. The van der Waals surface area contributed by atoms with Gasteiger partial charge in [0.15, 0.2) is 21.5 Å². The monoisotopic (exact) mass is 396 g/mol. The molecule has 5 nitrogen and oxygen atoms in total. The van der Waals surface area contributed by atoms with Gasteiger partial charge in [0.1, 0.15) is 0 Å². The highest BCUT2D eigenvalue weighted by Gasteiger charge is 2.24. The van der Waals surface area contributed by atoms with Gasteiger partial charge in [0, 0.05) is 18.2 Å². The molecule has 0 saturated heterocycles. The summed E-state index contributed by atoms with van der Waals surface area (Å²) < 4.78 is 50.8. The molecule has 2 aromatic rings. The Labute approximate surface area is 157 Å². The van der Waals surface area contributed by atoms with E-state index in [0.29, 0.717) is 5.56 Å². The second-order valence-corrected chi connectivity index (χ2v) is 8.62. The van der Waals surface area contributed by atoms with Gasteiger partial charge in [-0.3, -0.25) is 4.79 Å². The van der Waals surface area contributed by atoms with Crippen LogP contribution >= 0.6 is 0 Å². The number of carbonyl (C=O) groups excluding carboxylic acids is 1. The first-order chi connectivity index (χ1) is 12.5. The highest BCUT2D eigenvalue weighted by molar-refractivity contribution is 7.90. The molecule has 0 aliphatic rings. The highest BCUT2D eigenvalue weighted by atomic mass is 32.2. The molecule has 0 heterocycles. The smallest absolute Gasteiger partial charge is 0.225 e. The summed E-state index contributed by atoms with van der Waals surface area (Å²) >= 11 is 0. The highest BCUT2D eigenvalue weighted by Crippen LogP contribution is 2.26. The predicted molar refractivity (Wildman–Crippen MR) is 98.7 cm³/mol. The van der Waals surface area contributed by atoms with Crippen LogP contribution in [0.4, 0.5) is 8.78 Å². The van der Waals surface area contributed by atoms with Crippen molar-refractivity contribution in [2.45, 2.75) is 30.8 Å². The normalized spacial score (nSPS) is 15.0. The zero-order valence-corrected chi connectivity index (χ0v) is 16.1. The van der Waals surface area contributed by atoms with Gasteiger partial charge in [-0.15, -0.1) is 0 Å². The van der Waals surface area contributed by atoms with Crippen molar-refractivity contribution in [3.63, 3.8) is 0 Å². The van der Waals surface area contributed by atoms with Crippen LogP contribution in [0.2, 0.25) is 0 Å². The Morgan fingerprint density at radius 1 is 1.04 bits per heavy atom. The molecule has 0 spiro atoms. The summed E-state index contributed by atoms with van der Waals surface area (Å²) in [6.45, 7) is 3.33. The van der Waals surface area contributed by atoms with Crippen LogP contribution < -0.4 is 11.1 Å². The van der Waals surface area contributed by atoms with E-state index in [-0.39, 0.29) is 16.4 Å². The molecule has 0 aliphatic carbocycles. The van der Waals surface area contributed by atoms with Crippen LogP contribution in [0.3, 0.4) is 0 Å². The van der Waals surface area contributed by atoms with Crippen LogP contribution in [0.25, 0.3) is 0 Å². The van der Waals surface area contributed by atoms with E-state index >= 15 is 0 Å². The fourth-order valence-electron chi connectivity index (χ4n) is 2.49. The summed E-state index contributed by atoms with van der Waals surface area (Å²) in [5.41, 5.74) is 6.47. The molecular weight excluding hydrogens is 374 g/mol. The zero-order chi connectivity index (χ0) is 20.4. The summed E-state index contributed by atoms with van der Waals surface area (Å²) in [7, 11) is -3.48. The van der Waals surface area contributed by atoms with Crippen molar-refractivity contribution in [3.05, 3.63) is 65.2 Å². The third kappa shape index (κ3) is 5.11. The van der Waals surface area contributed by atoms with Crippen molar-refractivity contribution in [3.8, 4) is 0 Å². The van der Waals surface area contributed by atoms with Gasteiger partial charge in [0.25, 0.3) is 0 Å². The van der Waals surface area contributed by atoms with Crippen molar-refractivity contribution in [2.75, 3.05) is 6.26 Å². The van der Waals surface area contributed by atoms with Gasteiger partial charge in [-0.05, 0) is 42.3 Å². The minimum Gasteiger partial charge on any atom is -0.345 e. The molecule has 0 radical (unpaired) electrons. The maximum absolute atomic E-state index is 13.7. The standard InChI is InChI=1S/C19H22F2N2O3S/c1-11(12(2)22)19(24)23-18(14-7-8-16(20)17(21)10-14)13-5-4-6-15(9-13)27(3,25)26/h4-12,18H,22H2,1-3H3,(H,23,24). The minimum atomic E-state index is -3.48. The molecule has 2 rings (SSSR count). The lowest BCUT2D eigenvalue weighted by atomic mass is 9.96. The number of hydrogen-bond donors (Lipinski definition) is 2. The maximum Gasteiger partial charge on any atom is 0.225 e. The predicted octanol–water partition coefficient (Wildman–Crippen LogP) is 2.56. The molecule has 146 valence electrons. The van der Waals surface area contributed by atoms with Crippen LogP contribution in [-0.4, -0.2) is 26.6 Å². The van der Waals surface area contributed by atoms with Gasteiger partial charge in [-0.1, -0.05) is 25.1 Å². The fourth-order valence-corrected chi connectivity index (χ4v) is 3.16. The van der Waals surface area contributed by atoms with Crippen LogP contribution in [0.1, 0.15) is 31.0 Å². The van der Waals surface area contributed by atoms with E-state index in [1.54, 1.807) is 19.9 Å². The Balaban J connectivity index is 2.53. The average Bonchev–Trinajstić information content (AvgIpc) is 2.60. The number of sulfone groups is 1. The Morgan fingerprint density at radius 2 is 1.67 bits per heavy atom. The number of halogens is 2. The fraction of sp³-hybridized carbons (Fsp3) is 0.316. The van der Waals surface area contributed by atoms with E-state index in [2.05, 4.69) is 5.32 Å². The van der Waals surface area contributed by atoms with E-state index in [1.165, 1.54) is 24.3 Å². The van der Waals surface area contributed by atoms with Crippen LogP contribution in [0, 0.1) is 17.6 Å². The Kier molecular flexibility index (Phi) is 6.33. The molecule has 0 saturated carbocycles. The quantitative estimate of drug-likeness (QED) is 0.785. The molecule has 0 fully saturated rings. The molecule has 8 heteroatoms. The number of benzene rings is 2. The first kappa shape index (κ1) is 21.0. The first-order valence-corrected chi connectivity index (χ1v) is 10.2. The molecular formula is C19H22F2N2O3S. The lowest BCUT2D eigenvalue weighted by Crippen LogP contribution is -2.40. The van der Waals surface area contributed by atoms with Crippen molar-refractivity contribution >= 4 is 15.7 Å². The van der Waals surface area contributed by atoms with Gasteiger partial charge < -0.3 is 11.1 Å². The van der Waals surface area contributed by atoms with Crippen molar-refractivity contribution < 1.29 is 22.0 Å². The molecule has 2 aromatic carbocycles. The van der Waals surface area contributed by atoms with E-state index in [1.807, 2.05) is 0 Å². The number of carbonyl (C=O) groups is 1. The van der Waals surface area contributed by atoms with Crippen LogP contribution in [0.5, 0.6) is 0 Å². The van der Waals surface area contributed by atoms with Crippen molar-refractivity contribution in [2.24, 2.45) is 11.7 Å². The zero-order valence-electron chi connectivity index (χ0n) is 15.2. The largest absolute Gasteiger partial charge is 0.345 e. The number of amides is 1. The van der Waals surface area contributed by atoms with Gasteiger partial charge in [0.05, 0.1) is 10.9 Å². The van der Waals surface area contributed by atoms with E-state index in [9.17, 15) is 22.0 Å². The number of nitrogens with one attached hydrogen (secondary N) is 1. The number of nitrogens with two attached hydrogens (primary N) is 1. The van der Waals surface area contributed by atoms with E-state index in [0.717, 1.165) is 18.4 Å². The first-order valence-electron chi connectivity index (χ1n) is 8.31. The average molecular weight is 396 g/mol. The third-order valence-electron chi connectivity index (χ3n) is 4.39.